The molecule has 1 saturated heterocycles. The summed E-state index contributed by atoms with van der Waals surface area (Å²) in [6.45, 7) is 9.04. The quantitative estimate of drug-likeness (QED) is 0.398. The van der Waals surface area contributed by atoms with Gasteiger partial charge in [0, 0.05) is 42.9 Å². The lowest BCUT2D eigenvalue weighted by molar-refractivity contribution is 0.455. The molecule has 1 atom stereocenters. The molecule has 0 amide bonds. The van der Waals surface area contributed by atoms with E-state index in [0.717, 1.165) is 37.2 Å². The van der Waals surface area contributed by atoms with E-state index in [-0.39, 0.29) is 24.0 Å². The van der Waals surface area contributed by atoms with Gasteiger partial charge in [0.2, 0.25) is 0 Å². The van der Waals surface area contributed by atoms with E-state index in [1.165, 1.54) is 12.1 Å². The first-order valence-corrected chi connectivity index (χ1v) is 8.48. The number of hydrogen-bond acceptors (Lipinski definition) is 2. The second-order valence-electron chi connectivity index (χ2n) is 5.45. The predicted octanol–water partition coefficient (Wildman–Crippen LogP) is 3.55. The van der Waals surface area contributed by atoms with Gasteiger partial charge in [0.05, 0.1) is 0 Å². The SMILES string of the molecule is CCN(CC)C(N)=NCC1CCN(c2cccc(Br)c2)C1.I. The second kappa shape index (κ2) is 9.60. The smallest absolute Gasteiger partial charge is 0.191 e. The van der Waals surface area contributed by atoms with Crippen LogP contribution in [0.25, 0.3) is 0 Å². The first-order chi connectivity index (χ1) is 10.1. The van der Waals surface area contributed by atoms with Crippen LogP contribution in [-0.4, -0.2) is 43.6 Å². The van der Waals surface area contributed by atoms with Gasteiger partial charge in [0.15, 0.2) is 5.96 Å². The first kappa shape index (κ1) is 19.5. The van der Waals surface area contributed by atoms with Gasteiger partial charge in [-0.3, -0.25) is 4.99 Å². The highest BCUT2D eigenvalue weighted by Gasteiger charge is 2.22. The fourth-order valence-corrected chi connectivity index (χ4v) is 3.15. The molecule has 0 radical (unpaired) electrons. The maximum atomic E-state index is 6.04. The molecule has 1 fully saturated rings. The summed E-state index contributed by atoms with van der Waals surface area (Å²) < 4.78 is 1.13. The normalized spacial score (nSPS) is 18.2. The highest BCUT2D eigenvalue weighted by molar-refractivity contribution is 14.0. The van der Waals surface area contributed by atoms with Crippen molar-refractivity contribution in [1.82, 2.24) is 4.90 Å². The summed E-state index contributed by atoms with van der Waals surface area (Å²) in [4.78, 5) is 9.11. The average Bonchev–Trinajstić information content (AvgIpc) is 2.95. The Kier molecular flexibility index (Phi) is 8.53. The Labute approximate surface area is 159 Å². The lowest BCUT2D eigenvalue weighted by Crippen LogP contribution is -2.37. The van der Waals surface area contributed by atoms with Crippen LogP contribution < -0.4 is 10.6 Å². The number of rotatable bonds is 5. The van der Waals surface area contributed by atoms with Crippen molar-refractivity contribution in [2.45, 2.75) is 20.3 Å². The average molecular weight is 481 g/mol. The number of benzene rings is 1. The summed E-state index contributed by atoms with van der Waals surface area (Å²) in [5.74, 6) is 1.28. The molecule has 1 aromatic carbocycles. The van der Waals surface area contributed by atoms with Crippen LogP contribution in [0, 0.1) is 5.92 Å². The highest BCUT2D eigenvalue weighted by atomic mass is 127. The summed E-state index contributed by atoms with van der Waals surface area (Å²) in [7, 11) is 0. The van der Waals surface area contributed by atoms with E-state index in [1.807, 2.05) is 0 Å². The molecule has 2 rings (SSSR count). The van der Waals surface area contributed by atoms with Gasteiger partial charge >= 0.3 is 0 Å². The van der Waals surface area contributed by atoms with E-state index in [0.29, 0.717) is 11.9 Å². The Morgan fingerprint density at radius 2 is 2.14 bits per heavy atom. The van der Waals surface area contributed by atoms with Gasteiger partial charge in [0.1, 0.15) is 0 Å². The Balaban J connectivity index is 0.00000242. The summed E-state index contributed by atoms with van der Waals surface area (Å²) >= 11 is 3.54. The fraction of sp³-hybridized carbons (Fsp3) is 0.562. The molecule has 1 aliphatic heterocycles. The van der Waals surface area contributed by atoms with Crippen molar-refractivity contribution in [2.75, 3.05) is 37.6 Å². The molecule has 0 bridgehead atoms. The molecular weight excluding hydrogens is 455 g/mol. The summed E-state index contributed by atoms with van der Waals surface area (Å²) in [5, 5.41) is 0. The van der Waals surface area contributed by atoms with Crippen LogP contribution in [-0.2, 0) is 0 Å². The van der Waals surface area contributed by atoms with Gasteiger partial charge in [-0.05, 0) is 44.4 Å². The molecule has 0 aromatic heterocycles. The third kappa shape index (κ3) is 5.30. The van der Waals surface area contributed by atoms with Gasteiger partial charge in [-0.1, -0.05) is 22.0 Å². The zero-order valence-corrected chi connectivity index (χ0v) is 17.3. The lowest BCUT2D eigenvalue weighted by Gasteiger charge is -2.20. The van der Waals surface area contributed by atoms with E-state index >= 15 is 0 Å². The Hall–Kier alpha value is -0.500. The molecule has 1 aromatic rings. The van der Waals surface area contributed by atoms with E-state index in [2.05, 4.69) is 68.8 Å². The van der Waals surface area contributed by atoms with Crippen molar-refractivity contribution in [3.05, 3.63) is 28.7 Å². The number of guanidine groups is 1. The Bertz CT molecular complexity index is 491. The van der Waals surface area contributed by atoms with E-state index in [4.69, 9.17) is 5.73 Å². The van der Waals surface area contributed by atoms with Gasteiger partial charge < -0.3 is 15.5 Å². The van der Waals surface area contributed by atoms with E-state index < -0.39 is 0 Å². The minimum Gasteiger partial charge on any atom is -0.371 e. The minimum atomic E-state index is 0. The van der Waals surface area contributed by atoms with Gasteiger partial charge in [0.25, 0.3) is 0 Å². The van der Waals surface area contributed by atoms with Gasteiger partial charge in [-0.25, -0.2) is 0 Å². The third-order valence-electron chi connectivity index (χ3n) is 4.06. The molecule has 2 N–H and O–H groups in total. The number of halogens is 2. The summed E-state index contributed by atoms with van der Waals surface area (Å²) in [6, 6.07) is 8.49. The Morgan fingerprint density at radius 3 is 2.77 bits per heavy atom. The molecule has 0 aliphatic carbocycles. The van der Waals surface area contributed by atoms with Crippen LogP contribution >= 0.6 is 39.9 Å². The van der Waals surface area contributed by atoms with Gasteiger partial charge in [-0.15, -0.1) is 24.0 Å². The van der Waals surface area contributed by atoms with E-state index in [1.54, 1.807) is 0 Å². The van der Waals surface area contributed by atoms with Crippen LogP contribution in [0.2, 0.25) is 0 Å². The third-order valence-corrected chi connectivity index (χ3v) is 4.55. The number of anilines is 1. The van der Waals surface area contributed by atoms with E-state index in [9.17, 15) is 0 Å². The van der Waals surface area contributed by atoms with Crippen LogP contribution in [0.5, 0.6) is 0 Å². The summed E-state index contributed by atoms with van der Waals surface area (Å²) in [6.07, 6.45) is 1.18. The predicted molar refractivity (Wildman–Crippen MR) is 109 cm³/mol. The largest absolute Gasteiger partial charge is 0.371 e. The molecule has 6 heteroatoms. The summed E-state index contributed by atoms with van der Waals surface area (Å²) in [5.41, 5.74) is 7.32. The fourth-order valence-electron chi connectivity index (χ4n) is 2.76. The standard InChI is InChI=1S/C16H25BrN4.HI/c1-3-20(4-2)16(18)19-11-13-8-9-21(12-13)15-7-5-6-14(17)10-15;/h5-7,10,13H,3-4,8-9,11-12H2,1-2H3,(H2,18,19);1H. The maximum absolute atomic E-state index is 6.04. The Morgan fingerprint density at radius 1 is 1.41 bits per heavy atom. The first-order valence-electron chi connectivity index (χ1n) is 7.69. The molecular formula is C16H26BrIN4. The second-order valence-corrected chi connectivity index (χ2v) is 6.37. The van der Waals surface area contributed by atoms with Crippen molar-refractivity contribution >= 4 is 51.6 Å². The van der Waals surface area contributed by atoms with Gasteiger partial charge in [-0.2, -0.15) is 0 Å². The zero-order valence-electron chi connectivity index (χ0n) is 13.3. The molecule has 124 valence electrons. The number of nitrogens with zero attached hydrogens (tertiary/aromatic N) is 3. The van der Waals surface area contributed by atoms with Crippen LogP contribution in [0.4, 0.5) is 5.69 Å². The monoisotopic (exact) mass is 480 g/mol. The van der Waals surface area contributed by atoms with Crippen molar-refractivity contribution in [1.29, 1.82) is 0 Å². The molecule has 4 nitrogen and oxygen atoms in total. The van der Waals surface area contributed by atoms with Crippen molar-refractivity contribution in [3.63, 3.8) is 0 Å². The van der Waals surface area contributed by atoms with Crippen LogP contribution in [0.3, 0.4) is 0 Å². The van der Waals surface area contributed by atoms with Crippen LogP contribution in [0.1, 0.15) is 20.3 Å². The lowest BCUT2D eigenvalue weighted by atomic mass is 10.1. The number of nitrogens with two attached hydrogens (primary N) is 1. The molecule has 0 saturated carbocycles. The number of hydrogen-bond donors (Lipinski definition) is 1. The molecule has 1 heterocycles. The molecule has 1 unspecified atom stereocenters. The molecule has 22 heavy (non-hydrogen) atoms. The zero-order chi connectivity index (χ0) is 15.2. The maximum Gasteiger partial charge on any atom is 0.191 e. The minimum absolute atomic E-state index is 0. The van der Waals surface area contributed by atoms with Crippen molar-refractivity contribution < 1.29 is 0 Å². The topological polar surface area (TPSA) is 44.9 Å². The number of aliphatic imine (C=N–C) groups is 1. The van der Waals surface area contributed by atoms with Crippen molar-refractivity contribution in [2.24, 2.45) is 16.6 Å². The van der Waals surface area contributed by atoms with Crippen molar-refractivity contribution in [3.8, 4) is 0 Å². The van der Waals surface area contributed by atoms with Crippen LogP contribution in [0.15, 0.2) is 33.7 Å². The molecule has 1 aliphatic rings. The molecule has 0 spiro atoms. The highest BCUT2D eigenvalue weighted by Crippen LogP contribution is 2.26.